The predicted molar refractivity (Wildman–Crippen MR) is 228 cm³/mol. The summed E-state index contributed by atoms with van der Waals surface area (Å²) in [7, 11) is -7.89. The van der Waals surface area contributed by atoms with Crippen molar-refractivity contribution >= 4 is 77.6 Å². The summed E-state index contributed by atoms with van der Waals surface area (Å²) in [6, 6.07) is 6.29. The molecule has 64 heavy (non-hydrogen) atoms. The van der Waals surface area contributed by atoms with Crippen LogP contribution in [0.3, 0.4) is 0 Å². The highest BCUT2D eigenvalue weighted by molar-refractivity contribution is 8.77. The van der Waals surface area contributed by atoms with Crippen molar-refractivity contribution < 1.29 is 71.6 Å². The van der Waals surface area contributed by atoms with Gasteiger partial charge in [-0.05, 0) is 23.8 Å². The number of amides is 1. The van der Waals surface area contributed by atoms with E-state index in [2.05, 4.69) is 29.8 Å². The number of nitrogens with one attached hydrogen (secondary N) is 1. The zero-order valence-electron chi connectivity index (χ0n) is 34.0. The summed E-state index contributed by atoms with van der Waals surface area (Å²) in [4.78, 5) is 85.8. The van der Waals surface area contributed by atoms with Crippen molar-refractivity contribution in [2.24, 2.45) is 0 Å². The highest BCUT2D eigenvalue weighted by Crippen LogP contribution is 2.56. The minimum absolute atomic E-state index is 0.0203. The number of hydrogen-bond acceptors (Lipinski definition) is 22. The van der Waals surface area contributed by atoms with Crippen molar-refractivity contribution in [2.75, 3.05) is 36.2 Å². The summed E-state index contributed by atoms with van der Waals surface area (Å²) in [6.45, 7) is 3.57. The van der Waals surface area contributed by atoms with Crippen molar-refractivity contribution in [3.05, 3.63) is 65.2 Å². The van der Waals surface area contributed by atoms with Gasteiger partial charge in [0.15, 0.2) is 30.0 Å². The standard InChI is InChI=1S/C34H46N10O16P2S2/c1-34(2,3)64-63-13-18(41-33(49)55-10-16-4-6-17(35)7-5-16)31(47)60-25-19(58-29(23(25)45)44-15-40-22-27(37)38-14-39-28(22)44)11-56-61(50,51)26-20(12-57-62(52,53)54)59-30(24(26)46)43-9-8-21(36)42-32(43)48/h4-9,14-15,18-20,23-26,29-30,45-46H,10-13,35H2,1-3H3,(H,41,49)(H,50,51)(H2,36,42,48)(H2,37,38,39)(H2,52,53,54)/t18-,19+,20?,23+,24+,25+,26+,29+,30+/m0/s1. The van der Waals surface area contributed by atoms with Gasteiger partial charge >= 0.3 is 33.2 Å². The first-order valence-corrected chi connectivity index (χ1v) is 24.4. The van der Waals surface area contributed by atoms with Gasteiger partial charge < -0.3 is 70.9 Å². The molecule has 0 spiro atoms. The molecule has 10 atom stereocenters. The number of phosphoric ester groups is 1. The summed E-state index contributed by atoms with van der Waals surface area (Å²) in [5.74, 6) is -1.37. The van der Waals surface area contributed by atoms with Crippen molar-refractivity contribution in [1.29, 1.82) is 0 Å². The lowest BCUT2D eigenvalue weighted by Crippen LogP contribution is -2.48. The van der Waals surface area contributed by atoms with Crippen LogP contribution in [0.15, 0.2) is 54.0 Å². The van der Waals surface area contributed by atoms with Crippen LogP contribution in [0.5, 0.6) is 0 Å². The van der Waals surface area contributed by atoms with E-state index in [1.807, 2.05) is 20.8 Å². The maximum absolute atomic E-state index is 14.2. The first kappa shape index (κ1) is 49.0. The molecule has 6 rings (SSSR count). The fourth-order valence-electron chi connectivity index (χ4n) is 6.45. The van der Waals surface area contributed by atoms with Gasteiger partial charge in [0.2, 0.25) is 0 Å². The normalized spacial score (nSPS) is 25.2. The molecule has 5 heterocycles. The first-order chi connectivity index (χ1) is 30.0. The molecule has 2 fully saturated rings. The third-order valence-electron chi connectivity index (χ3n) is 9.36. The lowest BCUT2D eigenvalue weighted by molar-refractivity contribution is -0.158. The highest BCUT2D eigenvalue weighted by atomic mass is 33.1. The Morgan fingerprint density at radius 3 is 2.28 bits per heavy atom. The van der Waals surface area contributed by atoms with Crippen LogP contribution in [0.25, 0.3) is 11.2 Å². The number of aromatic nitrogens is 6. The van der Waals surface area contributed by atoms with Crippen LogP contribution in [0.4, 0.5) is 22.1 Å². The van der Waals surface area contributed by atoms with Crippen molar-refractivity contribution in [1.82, 2.24) is 34.4 Å². The van der Waals surface area contributed by atoms with Gasteiger partial charge in [-0.2, -0.15) is 4.98 Å². The molecule has 350 valence electrons. The molecule has 30 heteroatoms. The Morgan fingerprint density at radius 2 is 1.61 bits per heavy atom. The topological polar surface area (TPSA) is 393 Å². The maximum atomic E-state index is 14.2. The lowest BCUT2D eigenvalue weighted by atomic mass is 10.1. The molecule has 2 unspecified atom stereocenters. The summed E-state index contributed by atoms with van der Waals surface area (Å²) in [5, 5.41) is 25.6. The van der Waals surface area contributed by atoms with Gasteiger partial charge in [0.05, 0.1) is 19.5 Å². The molecular weight excluding hydrogens is 931 g/mol. The number of nitrogen functional groups attached to an aromatic ring is 3. The van der Waals surface area contributed by atoms with Crippen LogP contribution >= 0.6 is 37.0 Å². The minimum atomic E-state index is -5.29. The molecule has 3 aromatic heterocycles. The van der Waals surface area contributed by atoms with E-state index in [9.17, 15) is 48.4 Å². The third kappa shape index (κ3) is 12.1. The number of esters is 1. The number of hydrogen-bond donors (Lipinski definition) is 9. The second-order valence-corrected chi connectivity index (χ2v) is 21.7. The van der Waals surface area contributed by atoms with Crippen LogP contribution in [0, 0.1) is 0 Å². The summed E-state index contributed by atoms with van der Waals surface area (Å²) in [5.41, 5.74) is 15.5. The average Bonchev–Trinajstić information content (AvgIpc) is 3.88. The van der Waals surface area contributed by atoms with Crippen molar-refractivity contribution in [3.8, 4) is 0 Å². The van der Waals surface area contributed by atoms with Gasteiger partial charge in [0.1, 0.15) is 60.4 Å². The molecule has 2 saturated heterocycles. The number of aliphatic hydroxyl groups is 2. The molecule has 1 amide bonds. The van der Waals surface area contributed by atoms with Crippen LogP contribution in [-0.4, -0.2) is 132 Å². The molecule has 2 aliphatic rings. The van der Waals surface area contributed by atoms with E-state index >= 15 is 0 Å². The van der Waals surface area contributed by atoms with Gasteiger partial charge in [0.25, 0.3) is 0 Å². The zero-order chi connectivity index (χ0) is 46.7. The Bertz CT molecular complexity index is 2460. The Kier molecular flexibility index (Phi) is 15.3. The SMILES string of the molecule is CC(C)(C)SSC[C@H](NC(=O)OCc1ccc(N)cc1)C(=O)O[C@H]1[C@@H](O)[C@H](n2cnc3c(N)ncnc32)O[C@@H]1COP(=O)(O)[C@@H]1C(COP(=O)(O)O)O[C@@H](n2ccc(N)nc2=O)[C@@H]1O. The fraction of sp³-hybridized carbons (Fsp3) is 0.500. The Labute approximate surface area is 370 Å². The Morgan fingerprint density at radius 1 is 0.938 bits per heavy atom. The number of nitrogens with two attached hydrogens (primary N) is 3. The predicted octanol–water partition coefficient (Wildman–Crippen LogP) is 0.413. The number of carbonyl (C=O) groups is 2. The number of nitrogens with zero attached hydrogens (tertiary/aromatic N) is 6. The van der Waals surface area contributed by atoms with Crippen LogP contribution in [0.1, 0.15) is 38.8 Å². The number of carbonyl (C=O) groups excluding carboxylic acids is 2. The number of benzene rings is 1. The quantitative estimate of drug-likeness (QED) is 0.0299. The number of imidazole rings is 1. The maximum Gasteiger partial charge on any atom is 0.469 e. The van der Waals surface area contributed by atoms with Crippen molar-refractivity contribution in [3.63, 3.8) is 0 Å². The molecular formula is C34H46N10O16P2S2. The van der Waals surface area contributed by atoms with Gasteiger partial charge in [0, 0.05) is 22.4 Å². The van der Waals surface area contributed by atoms with Crippen molar-refractivity contribution in [2.45, 2.75) is 86.8 Å². The minimum Gasteiger partial charge on any atom is -0.455 e. The molecule has 2 aliphatic heterocycles. The molecule has 0 saturated carbocycles. The highest BCUT2D eigenvalue weighted by Gasteiger charge is 2.56. The van der Waals surface area contributed by atoms with E-state index in [1.165, 1.54) is 32.5 Å². The second-order valence-electron chi connectivity index (χ2n) is 15.3. The number of aliphatic hydroxyl groups excluding tert-OH is 2. The second kappa shape index (κ2) is 20.0. The van der Waals surface area contributed by atoms with Crippen LogP contribution in [-0.2, 0) is 48.5 Å². The number of rotatable bonds is 17. The molecule has 0 bridgehead atoms. The summed E-state index contributed by atoms with van der Waals surface area (Å²) in [6.07, 6.45) is -9.86. The average molecular weight is 977 g/mol. The van der Waals surface area contributed by atoms with E-state index in [4.69, 9.17) is 40.7 Å². The van der Waals surface area contributed by atoms with E-state index in [-0.39, 0.29) is 39.9 Å². The van der Waals surface area contributed by atoms with E-state index in [0.717, 1.165) is 23.2 Å². The number of alkyl carbamates (subject to hydrolysis) is 1. The summed E-state index contributed by atoms with van der Waals surface area (Å²) < 4.78 is 60.4. The van der Waals surface area contributed by atoms with Crippen LogP contribution in [0.2, 0.25) is 0 Å². The fourth-order valence-corrected chi connectivity index (χ4v) is 10.9. The van der Waals surface area contributed by atoms with Gasteiger partial charge in [-0.1, -0.05) is 54.5 Å². The number of phosphoric acid groups is 1. The largest absolute Gasteiger partial charge is 0.469 e. The molecule has 12 N–H and O–H groups in total. The lowest BCUT2D eigenvalue weighted by Gasteiger charge is -2.27. The smallest absolute Gasteiger partial charge is 0.455 e. The van der Waals surface area contributed by atoms with E-state index in [0.29, 0.717) is 11.3 Å². The molecule has 1 aromatic carbocycles. The molecule has 0 radical (unpaired) electrons. The third-order valence-corrected chi connectivity index (χ3v) is 15.1. The Balaban J connectivity index is 1.26. The summed E-state index contributed by atoms with van der Waals surface area (Å²) >= 11 is 0. The van der Waals surface area contributed by atoms with Gasteiger partial charge in [-0.3, -0.25) is 18.2 Å². The monoisotopic (exact) mass is 976 g/mol. The van der Waals surface area contributed by atoms with E-state index < -0.39 is 101 Å². The molecule has 4 aromatic rings. The van der Waals surface area contributed by atoms with E-state index in [1.54, 1.807) is 24.3 Å². The molecule has 26 nitrogen and oxygen atoms in total. The molecule has 0 aliphatic carbocycles. The number of fused-ring (bicyclic) bond motifs is 1. The number of anilines is 3. The first-order valence-electron chi connectivity index (χ1n) is 18.9. The van der Waals surface area contributed by atoms with Gasteiger partial charge in [-0.15, -0.1) is 0 Å². The zero-order valence-corrected chi connectivity index (χ0v) is 37.4. The Hall–Kier alpha value is -4.41. The van der Waals surface area contributed by atoms with Gasteiger partial charge in [-0.25, -0.2) is 33.9 Å². The van der Waals surface area contributed by atoms with Crippen LogP contribution < -0.4 is 28.2 Å². The number of ether oxygens (including phenoxy) is 4.